The van der Waals surface area contributed by atoms with Gasteiger partial charge in [0.2, 0.25) is 5.91 Å². The third kappa shape index (κ3) is 2.24. The van der Waals surface area contributed by atoms with Crippen molar-refractivity contribution in [1.82, 2.24) is 4.90 Å². The Bertz CT molecular complexity index is 269. The highest BCUT2D eigenvalue weighted by Gasteiger charge is 2.52. The number of nitrogens with zero attached hydrogens (tertiary/aromatic N) is 1. The molecule has 3 heteroatoms. The van der Waals surface area contributed by atoms with Crippen molar-refractivity contribution in [3.05, 3.63) is 0 Å². The van der Waals surface area contributed by atoms with E-state index in [0.29, 0.717) is 18.5 Å². The van der Waals surface area contributed by atoms with Crippen LogP contribution in [0.2, 0.25) is 0 Å². The summed E-state index contributed by atoms with van der Waals surface area (Å²) in [4.78, 5) is 14.4. The lowest BCUT2D eigenvalue weighted by molar-refractivity contribution is -0.135. The first-order valence-corrected chi connectivity index (χ1v) is 6.57. The van der Waals surface area contributed by atoms with Gasteiger partial charge in [0.15, 0.2) is 0 Å². The zero-order chi connectivity index (χ0) is 11.8. The minimum absolute atomic E-state index is 0.239. The first-order valence-electron chi connectivity index (χ1n) is 6.57. The van der Waals surface area contributed by atoms with Crippen LogP contribution in [-0.2, 0) is 4.79 Å². The number of hydrogen-bond donors (Lipinski definition) is 1. The predicted molar refractivity (Wildman–Crippen MR) is 64.9 cm³/mol. The summed E-state index contributed by atoms with van der Waals surface area (Å²) in [6.07, 6.45) is 5.96. The molecule has 3 nitrogen and oxygen atoms in total. The minimum Gasteiger partial charge on any atom is -0.338 e. The molecule has 0 spiro atoms. The summed E-state index contributed by atoms with van der Waals surface area (Å²) in [5, 5.41) is 0. The van der Waals surface area contributed by atoms with Crippen molar-refractivity contribution in [2.45, 2.75) is 52.0 Å². The summed E-state index contributed by atoms with van der Waals surface area (Å²) >= 11 is 0. The molecule has 0 aromatic heterocycles. The van der Waals surface area contributed by atoms with Gasteiger partial charge in [-0.25, -0.2) is 0 Å². The van der Waals surface area contributed by atoms with Crippen LogP contribution in [0.15, 0.2) is 0 Å². The van der Waals surface area contributed by atoms with E-state index in [0.717, 1.165) is 13.0 Å². The highest BCUT2D eigenvalue weighted by Crippen LogP contribution is 2.52. The largest absolute Gasteiger partial charge is 0.338 e. The molecule has 1 unspecified atom stereocenters. The average Bonchev–Trinajstić information content (AvgIpc) is 2.70. The maximum Gasteiger partial charge on any atom is 0.226 e. The van der Waals surface area contributed by atoms with Crippen LogP contribution in [0.1, 0.15) is 46.0 Å². The molecule has 16 heavy (non-hydrogen) atoms. The molecule has 0 aromatic carbocycles. The lowest BCUT2D eigenvalue weighted by Crippen LogP contribution is -2.43. The first-order chi connectivity index (χ1) is 7.56. The molecule has 2 saturated carbocycles. The van der Waals surface area contributed by atoms with Gasteiger partial charge in [0, 0.05) is 25.0 Å². The monoisotopic (exact) mass is 224 g/mol. The van der Waals surface area contributed by atoms with Crippen LogP contribution in [-0.4, -0.2) is 29.9 Å². The van der Waals surface area contributed by atoms with Crippen LogP contribution in [0, 0.1) is 11.3 Å². The van der Waals surface area contributed by atoms with Crippen molar-refractivity contribution in [2.24, 2.45) is 17.1 Å². The highest BCUT2D eigenvalue weighted by atomic mass is 16.2. The van der Waals surface area contributed by atoms with Crippen molar-refractivity contribution >= 4 is 5.91 Å². The standard InChI is InChI=1S/C13H24N2O/c1-13(2)9-11(13)12(16)15(8-7-14)10-5-3-4-6-10/h10-11H,3-9,14H2,1-2H3. The van der Waals surface area contributed by atoms with Crippen LogP contribution in [0.25, 0.3) is 0 Å². The van der Waals surface area contributed by atoms with E-state index in [2.05, 4.69) is 18.7 Å². The predicted octanol–water partition coefficient (Wildman–Crippen LogP) is 1.76. The van der Waals surface area contributed by atoms with Gasteiger partial charge in [0.05, 0.1) is 0 Å². The Morgan fingerprint density at radius 1 is 1.38 bits per heavy atom. The second kappa shape index (κ2) is 4.36. The minimum atomic E-state index is 0.239. The van der Waals surface area contributed by atoms with Gasteiger partial charge < -0.3 is 10.6 Å². The second-order valence-electron chi connectivity index (χ2n) is 6.00. The molecule has 0 bridgehead atoms. The Morgan fingerprint density at radius 2 is 1.94 bits per heavy atom. The molecule has 2 aliphatic carbocycles. The maximum atomic E-state index is 12.4. The quantitative estimate of drug-likeness (QED) is 0.791. The van der Waals surface area contributed by atoms with Crippen LogP contribution in [0.4, 0.5) is 0 Å². The van der Waals surface area contributed by atoms with E-state index in [9.17, 15) is 4.79 Å². The van der Waals surface area contributed by atoms with E-state index in [-0.39, 0.29) is 11.3 Å². The number of hydrogen-bond acceptors (Lipinski definition) is 2. The Balaban J connectivity index is 1.98. The average molecular weight is 224 g/mol. The van der Waals surface area contributed by atoms with Crippen LogP contribution in [0.3, 0.4) is 0 Å². The van der Waals surface area contributed by atoms with Gasteiger partial charge in [-0.3, -0.25) is 4.79 Å². The van der Waals surface area contributed by atoms with Crippen LogP contribution in [0.5, 0.6) is 0 Å². The molecule has 0 heterocycles. The van der Waals surface area contributed by atoms with Crippen molar-refractivity contribution in [3.63, 3.8) is 0 Å². The van der Waals surface area contributed by atoms with E-state index in [1.165, 1.54) is 25.7 Å². The third-order valence-electron chi connectivity index (χ3n) is 4.23. The molecule has 0 radical (unpaired) electrons. The fourth-order valence-electron chi connectivity index (χ4n) is 2.92. The van der Waals surface area contributed by atoms with Gasteiger partial charge in [-0.05, 0) is 24.7 Å². The Kier molecular flexibility index (Phi) is 3.24. The van der Waals surface area contributed by atoms with Gasteiger partial charge in [-0.2, -0.15) is 0 Å². The number of carbonyl (C=O) groups excluding carboxylic acids is 1. The molecule has 0 aromatic rings. The van der Waals surface area contributed by atoms with Gasteiger partial charge in [0.1, 0.15) is 0 Å². The van der Waals surface area contributed by atoms with Gasteiger partial charge in [-0.1, -0.05) is 26.7 Å². The lowest BCUT2D eigenvalue weighted by atomic mass is 10.1. The molecule has 0 aliphatic heterocycles. The molecule has 2 rings (SSSR count). The summed E-state index contributed by atoms with van der Waals surface area (Å²) < 4.78 is 0. The van der Waals surface area contributed by atoms with Crippen molar-refractivity contribution < 1.29 is 4.79 Å². The number of amides is 1. The zero-order valence-electron chi connectivity index (χ0n) is 10.5. The number of nitrogens with two attached hydrogens (primary N) is 1. The van der Waals surface area contributed by atoms with Gasteiger partial charge >= 0.3 is 0 Å². The summed E-state index contributed by atoms with van der Waals surface area (Å²) in [6, 6.07) is 0.479. The molecule has 1 atom stereocenters. The van der Waals surface area contributed by atoms with E-state index in [4.69, 9.17) is 5.73 Å². The normalized spacial score (nSPS) is 28.1. The van der Waals surface area contributed by atoms with Gasteiger partial charge in [-0.15, -0.1) is 0 Å². The molecule has 92 valence electrons. The van der Waals surface area contributed by atoms with Crippen LogP contribution < -0.4 is 5.73 Å². The van der Waals surface area contributed by atoms with Crippen molar-refractivity contribution in [2.75, 3.05) is 13.1 Å². The summed E-state index contributed by atoms with van der Waals surface area (Å²) in [7, 11) is 0. The lowest BCUT2D eigenvalue weighted by Gasteiger charge is -2.29. The Morgan fingerprint density at radius 3 is 2.38 bits per heavy atom. The molecule has 2 fully saturated rings. The van der Waals surface area contributed by atoms with E-state index < -0.39 is 0 Å². The third-order valence-corrected chi connectivity index (χ3v) is 4.23. The number of carbonyl (C=O) groups is 1. The first kappa shape index (κ1) is 11.9. The Labute approximate surface area is 98.4 Å². The highest BCUT2D eigenvalue weighted by molar-refractivity contribution is 5.82. The molecular weight excluding hydrogens is 200 g/mol. The SMILES string of the molecule is CC1(C)CC1C(=O)N(CCN)C1CCCC1. The molecule has 0 saturated heterocycles. The Hall–Kier alpha value is -0.570. The maximum absolute atomic E-state index is 12.4. The fraction of sp³-hybridized carbons (Fsp3) is 0.923. The van der Waals surface area contributed by atoms with E-state index in [1.54, 1.807) is 0 Å². The summed E-state index contributed by atoms with van der Waals surface area (Å²) in [5.74, 6) is 0.627. The molecule has 1 amide bonds. The fourth-order valence-corrected chi connectivity index (χ4v) is 2.92. The smallest absolute Gasteiger partial charge is 0.226 e. The zero-order valence-corrected chi connectivity index (χ0v) is 10.5. The topological polar surface area (TPSA) is 46.3 Å². The summed E-state index contributed by atoms with van der Waals surface area (Å²) in [5.41, 5.74) is 5.87. The molecular formula is C13H24N2O. The van der Waals surface area contributed by atoms with E-state index >= 15 is 0 Å². The van der Waals surface area contributed by atoms with Crippen LogP contribution >= 0.6 is 0 Å². The van der Waals surface area contributed by atoms with Crippen molar-refractivity contribution in [3.8, 4) is 0 Å². The van der Waals surface area contributed by atoms with E-state index in [1.807, 2.05) is 0 Å². The van der Waals surface area contributed by atoms with Gasteiger partial charge in [0.25, 0.3) is 0 Å². The molecule has 2 N–H and O–H groups in total. The molecule has 2 aliphatic rings. The number of rotatable bonds is 4. The summed E-state index contributed by atoms with van der Waals surface area (Å²) in [6.45, 7) is 5.71. The second-order valence-corrected chi connectivity index (χ2v) is 6.00. The van der Waals surface area contributed by atoms with Crippen molar-refractivity contribution in [1.29, 1.82) is 0 Å².